The Morgan fingerprint density at radius 1 is 1.21 bits per heavy atom. The van der Waals surface area contributed by atoms with E-state index in [0.29, 0.717) is 16.9 Å². The molecule has 0 bridgehead atoms. The molecule has 0 spiro atoms. The Hall–Kier alpha value is -1.70. The Balaban J connectivity index is 2.06. The fraction of sp³-hybridized carbons (Fsp3) is 0.154. The van der Waals surface area contributed by atoms with Gasteiger partial charge in [0.15, 0.2) is 5.52 Å². The van der Waals surface area contributed by atoms with Gasteiger partial charge in [-0.05, 0) is 57.5 Å². The zero-order valence-electron chi connectivity index (χ0n) is 10.2. The van der Waals surface area contributed by atoms with Gasteiger partial charge in [-0.15, -0.1) is 0 Å². The minimum atomic E-state index is 0.460. The van der Waals surface area contributed by atoms with Gasteiger partial charge < -0.3 is 5.73 Å². The number of hydrogen-bond acceptors (Lipinski definition) is 5. The number of nitrogens with two attached hydrogens (primary N) is 1. The van der Waals surface area contributed by atoms with Crippen LogP contribution >= 0.6 is 22.6 Å². The first-order valence-corrected chi connectivity index (χ1v) is 6.84. The molecule has 6 heteroatoms. The Morgan fingerprint density at radius 3 is 2.68 bits per heavy atom. The van der Waals surface area contributed by atoms with Gasteiger partial charge in [-0.3, -0.25) is 0 Å². The highest BCUT2D eigenvalue weighted by Crippen LogP contribution is 2.25. The lowest BCUT2D eigenvalue weighted by molar-refractivity contribution is 0.315. The van der Waals surface area contributed by atoms with Gasteiger partial charge in [0.05, 0.1) is 5.69 Å². The molecule has 19 heavy (non-hydrogen) atoms. The number of fused-ring (bicyclic) bond motifs is 1. The lowest BCUT2D eigenvalue weighted by atomic mass is 10.0. The van der Waals surface area contributed by atoms with Crippen LogP contribution in [-0.4, -0.2) is 15.3 Å². The second-order valence-corrected chi connectivity index (χ2v) is 5.57. The van der Waals surface area contributed by atoms with Gasteiger partial charge in [-0.25, -0.2) is 9.61 Å². The summed E-state index contributed by atoms with van der Waals surface area (Å²) >= 11 is 2.28. The third-order valence-electron chi connectivity index (χ3n) is 3.06. The molecule has 5 nitrogen and oxygen atoms in total. The monoisotopic (exact) mass is 366 g/mol. The highest BCUT2D eigenvalue weighted by Gasteiger charge is 2.14. The van der Waals surface area contributed by atoms with E-state index in [0.717, 1.165) is 17.7 Å². The van der Waals surface area contributed by atoms with Gasteiger partial charge in [-0.2, -0.15) is 0 Å². The maximum atomic E-state index is 6.14. The normalized spacial score (nSPS) is 11.1. The molecule has 2 N–H and O–H groups in total. The molecule has 96 valence electrons. The zero-order chi connectivity index (χ0) is 13.4. The third kappa shape index (κ3) is 2.27. The van der Waals surface area contributed by atoms with Crippen molar-refractivity contribution < 1.29 is 4.63 Å². The van der Waals surface area contributed by atoms with Crippen LogP contribution in [0.5, 0.6) is 0 Å². The summed E-state index contributed by atoms with van der Waals surface area (Å²) in [5.41, 5.74) is 10.8. The van der Waals surface area contributed by atoms with Gasteiger partial charge in [-0.1, -0.05) is 12.1 Å². The van der Waals surface area contributed by atoms with Crippen LogP contribution in [-0.2, 0) is 6.42 Å². The van der Waals surface area contributed by atoms with Gasteiger partial charge in [0.25, 0.3) is 0 Å². The molecule has 0 radical (unpaired) electrons. The van der Waals surface area contributed by atoms with Crippen LogP contribution in [0.3, 0.4) is 0 Å². The summed E-state index contributed by atoms with van der Waals surface area (Å²) in [5, 5.41) is 7.52. The van der Waals surface area contributed by atoms with Gasteiger partial charge in [0, 0.05) is 21.2 Å². The van der Waals surface area contributed by atoms with Crippen LogP contribution in [0.4, 0.5) is 5.69 Å². The molecule has 0 saturated carbocycles. The first kappa shape index (κ1) is 12.3. The lowest BCUT2D eigenvalue weighted by Crippen LogP contribution is -2.02. The molecule has 0 aliphatic heterocycles. The third-order valence-corrected chi connectivity index (χ3v) is 3.78. The van der Waals surface area contributed by atoms with Gasteiger partial charge >= 0.3 is 0 Å². The van der Waals surface area contributed by atoms with Crippen molar-refractivity contribution in [3.8, 4) is 0 Å². The Bertz CT molecular complexity index is 736. The maximum absolute atomic E-state index is 6.14. The summed E-state index contributed by atoms with van der Waals surface area (Å²) in [6.07, 6.45) is 0.727. The molecule has 0 aliphatic rings. The van der Waals surface area contributed by atoms with Crippen molar-refractivity contribution in [3.63, 3.8) is 0 Å². The number of rotatable bonds is 2. The number of aryl methyl sites for hydroxylation is 1. The average molecular weight is 366 g/mol. The molecule has 2 aromatic heterocycles. The number of anilines is 1. The molecular formula is C13H11IN4O. The molecule has 2 heterocycles. The Labute approximate surface area is 123 Å². The van der Waals surface area contributed by atoms with Crippen molar-refractivity contribution >= 4 is 39.4 Å². The summed E-state index contributed by atoms with van der Waals surface area (Å²) < 4.78 is 5.89. The summed E-state index contributed by atoms with van der Waals surface area (Å²) in [4.78, 5) is 4.36. The van der Waals surface area contributed by atoms with E-state index in [4.69, 9.17) is 5.73 Å². The molecule has 0 saturated heterocycles. The SMILES string of the molecule is Cc1nc2nonc2c(N)c1Cc1ccc(I)cc1. The molecule has 0 amide bonds. The zero-order valence-corrected chi connectivity index (χ0v) is 12.4. The average Bonchev–Trinajstić information content (AvgIpc) is 2.85. The molecule has 0 unspecified atom stereocenters. The van der Waals surface area contributed by atoms with Crippen molar-refractivity contribution in [1.29, 1.82) is 0 Å². The van der Waals surface area contributed by atoms with E-state index in [9.17, 15) is 0 Å². The van der Waals surface area contributed by atoms with E-state index < -0.39 is 0 Å². The standard InChI is InChI=1S/C13H11IN4O/c1-7-10(6-8-2-4-9(14)5-3-8)11(15)12-13(16-7)18-19-17-12/h2-5H,6,15H2,1H3. The fourth-order valence-electron chi connectivity index (χ4n) is 2.02. The number of hydrogen-bond donors (Lipinski definition) is 1. The topological polar surface area (TPSA) is 77.8 Å². The first-order valence-electron chi connectivity index (χ1n) is 5.77. The van der Waals surface area contributed by atoms with Crippen LogP contribution in [0.25, 0.3) is 11.2 Å². The highest BCUT2D eigenvalue weighted by atomic mass is 127. The number of nitrogen functional groups attached to an aromatic ring is 1. The summed E-state index contributed by atoms with van der Waals surface area (Å²) in [5.74, 6) is 0. The number of pyridine rings is 1. The second-order valence-electron chi connectivity index (χ2n) is 4.33. The molecule has 0 atom stereocenters. The predicted octanol–water partition coefficient (Wildman–Crippen LogP) is 2.70. The predicted molar refractivity (Wildman–Crippen MR) is 80.7 cm³/mol. The van der Waals surface area contributed by atoms with Crippen molar-refractivity contribution in [3.05, 3.63) is 44.7 Å². The van der Waals surface area contributed by atoms with E-state index in [1.54, 1.807) is 0 Å². The number of benzene rings is 1. The smallest absolute Gasteiger partial charge is 0.226 e. The number of aromatic nitrogens is 3. The minimum Gasteiger partial charge on any atom is -0.396 e. The van der Waals surface area contributed by atoms with E-state index >= 15 is 0 Å². The van der Waals surface area contributed by atoms with Crippen LogP contribution in [0.2, 0.25) is 0 Å². The lowest BCUT2D eigenvalue weighted by Gasteiger charge is -2.08. The maximum Gasteiger partial charge on any atom is 0.226 e. The van der Waals surface area contributed by atoms with Crippen molar-refractivity contribution in [2.45, 2.75) is 13.3 Å². The van der Waals surface area contributed by atoms with E-state index in [2.05, 4.69) is 66.8 Å². The minimum absolute atomic E-state index is 0.460. The van der Waals surface area contributed by atoms with E-state index in [-0.39, 0.29) is 0 Å². The van der Waals surface area contributed by atoms with E-state index in [1.807, 2.05) is 6.92 Å². The molecular weight excluding hydrogens is 355 g/mol. The fourth-order valence-corrected chi connectivity index (χ4v) is 2.38. The van der Waals surface area contributed by atoms with Crippen LogP contribution in [0, 0.1) is 10.5 Å². The quantitative estimate of drug-likeness (QED) is 0.706. The van der Waals surface area contributed by atoms with E-state index in [1.165, 1.54) is 9.13 Å². The molecule has 3 rings (SSSR count). The number of nitrogens with zero attached hydrogens (tertiary/aromatic N) is 3. The van der Waals surface area contributed by atoms with Gasteiger partial charge in [0.2, 0.25) is 5.65 Å². The highest BCUT2D eigenvalue weighted by molar-refractivity contribution is 14.1. The largest absolute Gasteiger partial charge is 0.396 e. The molecule has 0 fully saturated rings. The van der Waals surface area contributed by atoms with Crippen molar-refractivity contribution in [2.75, 3.05) is 5.73 Å². The first-order chi connectivity index (χ1) is 9.15. The molecule has 1 aromatic carbocycles. The molecule has 3 aromatic rings. The van der Waals surface area contributed by atoms with Crippen LogP contribution < -0.4 is 5.73 Å². The van der Waals surface area contributed by atoms with Crippen LogP contribution in [0.15, 0.2) is 28.9 Å². The summed E-state index contributed by atoms with van der Waals surface area (Å²) in [6, 6.07) is 8.33. The Morgan fingerprint density at radius 2 is 1.95 bits per heavy atom. The summed E-state index contributed by atoms with van der Waals surface area (Å²) in [6.45, 7) is 1.92. The summed E-state index contributed by atoms with van der Waals surface area (Å²) in [7, 11) is 0. The van der Waals surface area contributed by atoms with Gasteiger partial charge in [0.1, 0.15) is 0 Å². The second kappa shape index (κ2) is 4.76. The Kier molecular flexibility index (Phi) is 3.09. The number of halogens is 1. The molecule has 0 aliphatic carbocycles. The van der Waals surface area contributed by atoms with Crippen molar-refractivity contribution in [1.82, 2.24) is 15.3 Å². The van der Waals surface area contributed by atoms with Crippen molar-refractivity contribution in [2.24, 2.45) is 0 Å². The van der Waals surface area contributed by atoms with Crippen LogP contribution in [0.1, 0.15) is 16.8 Å².